The first-order valence-electron chi connectivity index (χ1n) is 5.34. The van der Waals surface area contributed by atoms with E-state index in [-0.39, 0.29) is 24.9 Å². The fourth-order valence-electron chi connectivity index (χ4n) is 1.85. The lowest BCUT2D eigenvalue weighted by Gasteiger charge is -2.39. The Labute approximate surface area is 99.5 Å². The molecule has 1 saturated heterocycles. The molecule has 96 valence electrons. The quantitative estimate of drug-likeness (QED) is 0.576. The number of carbonyl (C=O) groups excluding carboxylic acids is 3. The number of nitrogens with zero attached hydrogens (tertiary/aromatic N) is 2. The average molecular weight is 243 g/mol. The van der Waals surface area contributed by atoms with Crippen molar-refractivity contribution >= 4 is 17.8 Å². The van der Waals surface area contributed by atoms with Crippen LogP contribution in [-0.4, -0.2) is 66.9 Å². The summed E-state index contributed by atoms with van der Waals surface area (Å²) < 4.78 is 4.63. The van der Waals surface area contributed by atoms with Gasteiger partial charge >= 0.3 is 5.97 Å². The van der Waals surface area contributed by atoms with Gasteiger partial charge < -0.3 is 20.3 Å². The van der Waals surface area contributed by atoms with Crippen LogP contribution in [0.15, 0.2) is 0 Å². The fourth-order valence-corrected chi connectivity index (χ4v) is 1.85. The highest BCUT2D eigenvalue weighted by atomic mass is 16.5. The number of hydrogen-bond acceptors (Lipinski definition) is 5. The highest BCUT2D eigenvalue weighted by molar-refractivity contribution is 5.85. The molecule has 1 atom stereocenters. The van der Waals surface area contributed by atoms with E-state index in [1.807, 2.05) is 0 Å². The Balaban J connectivity index is 2.80. The third-order valence-electron chi connectivity index (χ3n) is 2.79. The average Bonchev–Trinajstić information content (AvgIpc) is 2.35. The Morgan fingerprint density at radius 3 is 2.47 bits per heavy atom. The van der Waals surface area contributed by atoms with E-state index in [9.17, 15) is 14.4 Å². The Morgan fingerprint density at radius 2 is 2.00 bits per heavy atom. The number of piperazine rings is 1. The smallest absolute Gasteiger partial charge is 0.330 e. The molecule has 0 aromatic heterocycles. The number of ether oxygens (including phenoxy) is 1. The molecule has 1 aliphatic heterocycles. The van der Waals surface area contributed by atoms with Gasteiger partial charge in [0.1, 0.15) is 6.04 Å². The molecule has 0 unspecified atom stereocenters. The van der Waals surface area contributed by atoms with Crippen LogP contribution in [0.3, 0.4) is 0 Å². The Morgan fingerprint density at radius 1 is 1.35 bits per heavy atom. The molecule has 1 heterocycles. The van der Waals surface area contributed by atoms with Gasteiger partial charge in [0.15, 0.2) is 0 Å². The van der Waals surface area contributed by atoms with E-state index in [1.54, 1.807) is 0 Å². The van der Waals surface area contributed by atoms with Crippen LogP contribution in [0.1, 0.15) is 6.92 Å². The van der Waals surface area contributed by atoms with E-state index in [2.05, 4.69) is 4.74 Å². The summed E-state index contributed by atoms with van der Waals surface area (Å²) in [5.74, 6) is -0.961. The molecule has 7 nitrogen and oxygen atoms in total. The third-order valence-corrected chi connectivity index (χ3v) is 2.79. The summed E-state index contributed by atoms with van der Waals surface area (Å²) >= 11 is 0. The van der Waals surface area contributed by atoms with E-state index in [0.29, 0.717) is 13.1 Å². The van der Waals surface area contributed by atoms with E-state index in [4.69, 9.17) is 5.73 Å². The zero-order chi connectivity index (χ0) is 13.0. The zero-order valence-electron chi connectivity index (χ0n) is 10.0. The van der Waals surface area contributed by atoms with Crippen LogP contribution in [0.2, 0.25) is 0 Å². The molecule has 0 aromatic rings. The van der Waals surface area contributed by atoms with Crippen LogP contribution >= 0.6 is 0 Å². The molecule has 0 radical (unpaired) electrons. The van der Waals surface area contributed by atoms with Crippen molar-refractivity contribution in [1.29, 1.82) is 0 Å². The largest absolute Gasteiger partial charge is 0.467 e. The molecule has 0 aliphatic carbocycles. The molecule has 2 N–H and O–H groups in total. The van der Waals surface area contributed by atoms with Gasteiger partial charge in [-0.1, -0.05) is 0 Å². The van der Waals surface area contributed by atoms with Gasteiger partial charge in [0.05, 0.1) is 20.2 Å². The van der Waals surface area contributed by atoms with E-state index in [0.717, 1.165) is 0 Å². The highest BCUT2D eigenvalue weighted by Crippen LogP contribution is 2.11. The van der Waals surface area contributed by atoms with Crippen molar-refractivity contribution in [2.24, 2.45) is 5.73 Å². The number of carbonyl (C=O) groups is 3. The lowest BCUT2D eigenvalue weighted by molar-refractivity contribution is -0.157. The summed E-state index contributed by atoms with van der Waals surface area (Å²) in [6, 6.07) is -0.734. The summed E-state index contributed by atoms with van der Waals surface area (Å²) in [5.41, 5.74) is 5.26. The first-order chi connectivity index (χ1) is 8.01. The topological polar surface area (TPSA) is 92.9 Å². The summed E-state index contributed by atoms with van der Waals surface area (Å²) in [6.45, 7) is 2.14. The molecular formula is C10H17N3O4. The minimum absolute atomic E-state index is 0.103. The maximum absolute atomic E-state index is 11.6. The van der Waals surface area contributed by atoms with Crippen LogP contribution in [-0.2, 0) is 19.1 Å². The van der Waals surface area contributed by atoms with E-state index >= 15 is 0 Å². The Bertz CT molecular complexity index is 332. The van der Waals surface area contributed by atoms with Gasteiger partial charge in [0.25, 0.3) is 0 Å². The number of amides is 2. The van der Waals surface area contributed by atoms with Crippen LogP contribution in [0.25, 0.3) is 0 Å². The van der Waals surface area contributed by atoms with Gasteiger partial charge in [-0.25, -0.2) is 4.79 Å². The van der Waals surface area contributed by atoms with Crippen molar-refractivity contribution in [1.82, 2.24) is 9.80 Å². The second kappa shape index (κ2) is 5.62. The predicted molar refractivity (Wildman–Crippen MR) is 58.8 cm³/mol. The number of esters is 1. The van der Waals surface area contributed by atoms with Crippen molar-refractivity contribution in [3.05, 3.63) is 0 Å². The zero-order valence-corrected chi connectivity index (χ0v) is 10.0. The maximum atomic E-state index is 11.6. The van der Waals surface area contributed by atoms with Gasteiger partial charge in [0, 0.05) is 20.0 Å². The first kappa shape index (κ1) is 13.4. The number of hydrogen-bond donors (Lipinski definition) is 1. The summed E-state index contributed by atoms with van der Waals surface area (Å²) in [4.78, 5) is 37.2. The third kappa shape index (κ3) is 2.94. The van der Waals surface area contributed by atoms with Crippen LogP contribution < -0.4 is 5.73 Å². The van der Waals surface area contributed by atoms with E-state index < -0.39 is 12.0 Å². The second-order valence-electron chi connectivity index (χ2n) is 3.80. The summed E-state index contributed by atoms with van der Waals surface area (Å²) in [7, 11) is 1.25. The van der Waals surface area contributed by atoms with Gasteiger partial charge in [0.2, 0.25) is 11.8 Å². The van der Waals surface area contributed by atoms with Crippen molar-refractivity contribution < 1.29 is 19.1 Å². The molecular weight excluding hydrogens is 226 g/mol. The molecule has 7 heteroatoms. The summed E-state index contributed by atoms with van der Waals surface area (Å²) in [6.07, 6.45) is 0. The predicted octanol–water partition coefficient (Wildman–Crippen LogP) is -1.82. The van der Waals surface area contributed by atoms with Crippen molar-refractivity contribution in [2.45, 2.75) is 13.0 Å². The number of methoxy groups -OCH3 is 1. The Kier molecular flexibility index (Phi) is 4.45. The van der Waals surface area contributed by atoms with Crippen LogP contribution in [0.5, 0.6) is 0 Å². The molecule has 1 aliphatic rings. The van der Waals surface area contributed by atoms with Gasteiger partial charge in [-0.05, 0) is 0 Å². The number of rotatable bonds is 2. The standard InChI is InChI=1S/C10H17N3O4/c1-7(14)13-4-3-12(9(15)5-11)6-8(13)10(16)17-2/h8H,3-6,11H2,1-2H3/t8-/m0/s1. The monoisotopic (exact) mass is 243 g/mol. The van der Waals surface area contributed by atoms with Crippen LogP contribution in [0, 0.1) is 0 Å². The molecule has 0 aromatic carbocycles. The van der Waals surface area contributed by atoms with Crippen molar-refractivity contribution in [3.8, 4) is 0 Å². The normalized spacial score (nSPS) is 20.1. The minimum Gasteiger partial charge on any atom is -0.467 e. The van der Waals surface area contributed by atoms with E-state index in [1.165, 1.54) is 23.8 Å². The molecule has 1 rings (SSSR count). The molecule has 0 bridgehead atoms. The number of nitrogens with two attached hydrogens (primary N) is 1. The van der Waals surface area contributed by atoms with Gasteiger partial charge in [-0.15, -0.1) is 0 Å². The summed E-state index contributed by atoms with van der Waals surface area (Å²) in [5, 5.41) is 0. The van der Waals surface area contributed by atoms with Crippen LogP contribution in [0.4, 0.5) is 0 Å². The molecule has 0 saturated carbocycles. The lowest BCUT2D eigenvalue weighted by atomic mass is 10.1. The van der Waals surface area contributed by atoms with Crippen molar-refractivity contribution in [2.75, 3.05) is 33.3 Å². The Hall–Kier alpha value is -1.63. The molecule has 0 spiro atoms. The second-order valence-corrected chi connectivity index (χ2v) is 3.80. The maximum Gasteiger partial charge on any atom is 0.330 e. The minimum atomic E-state index is -0.734. The van der Waals surface area contributed by atoms with Gasteiger partial charge in [-0.3, -0.25) is 9.59 Å². The molecule has 17 heavy (non-hydrogen) atoms. The first-order valence-corrected chi connectivity index (χ1v) is 5.34. The fraction of sp³-hybridized carbons (Fsp3) is 0.700. The SMILES string of the molecule is COC(=O)[C@@H]1CN(C(=O)CN)CCN1C(C)=O. The molecule has 1 fully saturated rings. The van der Waals surface area contributed by atoms with Crippen molar-refractivity contribution in [3.63, 3.8) is 0 Å². The lowest BCUT2D eigenvalue weighted by Crippen LogP contribution is -2.59. The highest BCUT2D eigenvalue weighted by Gasteiger charge is 2.35. The molecule has 2 amide bonds. The van der Waals surface area contributed by atoms with Gasteiger partial charge in [-0.2, -0.15) is 0 Å².